The molecule has 1 rings (SSSR count). The lowest BCUT2D eigenvalue weighted by molar-refractivity contribution is 0.0746. The Morgan fingerprint density at radius 2 is 2.05 bits per heavy atom. The molecular weight excluding hydrogens is 252 g/mol. The fourth-order valence-electron chi connectivity index (χ4n) is 1.59. The first kappa shape index (κ1) is 15.8. The van der Waals surface area contributed by atoms with E-state index in [0.29, 0.717) is 18.4 Å². The van der Waals surface area contributed by atoms with Crippen LogP contribution < -0.4 is 0 Å². The zero-order valence-electron chi connectivity index (χ0n) is 11.8. The lowest BCUT2D eigenvalue weighted by atomic mass is 10.1. The second-order valence-corrected chi connectivity index (χ2v) is 4.48. The van der Waals surface area contributed by atoms with Crippen molar-refractivity contribution >= 4 is 5.91 Å². The van der Waals surface area contributed by atoms with Crippen molar-refractivity contribution in [1.82, 2.24) is 4.90 Å². The number of aliphatic hydroxyl groups is 1. The standard InChI is InChI=1S/C16H18N2O2/c1-13(10-11-17)18(2)16(20)15-8-6-14(7-9-15)5-3-4-12-19/h6-9,13,19H,4,10,12H2,1-2H3. The number of benzene rings is 1. The minimum absolute atomic E-state index is 0.0468. The summed E-state index contributed by atoms with van der Waals surface area (Å²) in [4.78, 5) is 13.7. The Morgan fingerprint density at radius 3 is 2.60 bits per heavy atom. The fourth-order valence-corrected chi connectivity index (χ4v) is 1.59. The van der Waals surface area contributed by atoms with Crippen molar-refractivity contribution in [3.63, 3.8) is 0 Å². The molecule has 0 aliphatic heterocycles. The van der Waals surface area contributed by atoms with Crippen molar-refractivity contribution in [2.24, 2.45) is 0 Å². The molecule has 0 aromatic heterocycles. The minimum atomic E-state index is -0.114. The maximum atomic E-state index is 12.2. The Balaban J connectivity index is 2.76. The molecule has 1 amide bonds. The highest BCUT2D eigenvalue weighted by Crippen LogP contribution is 2.10. The molecule has 1 atom stereocenters. The van der Waals surface area contributed by atoms with Gasteiger partial charge in [0.15, 0.2) is 0 Å². The van der Waals surface area contributed by atoms with Gasteiger partial charge in [0.05, 0.1) is 19.1 Å². The molecule has 0 radical (unpaired) electrons. The molecule has 104 valence electrons. The highest BCUT2D eigenvalue weighted by atomic mass is 16.2. The summed E-state index contributed by atoms with van der Waals surface area (Å²) in [7, 11) is 1.69. The van der Waals surface area contributed by atoms with E-state index in [-0.39, 0.29) is 18.6 Å². The van der Waals surface area contributed by atoms with Crippen LogP contribution in [0.5, 0.6) is 0 Å². The summed E-state index contributed by atoms with van der Waals surface area (Å²) in [6, 6.07) is 8.95. The van der Waals surface area contributed by atoms with Crippen LogP contribution in [0.4, 0.5) is 0 Å². The molecule has 0 heterocycles. The molecule has 1 aromatic rings. The summed E-state index contributed by atoms with van der Waals surface area (Å²) >= 11 is 0. The van der Waals surface area contributed by atoms with E-state index in [1.165, 1.54) is 0 Å². The van der Waals surface area contributed by atoms with E-state index < -0.39 is 0 Å². The Morgan fingerprint density at radius 1 is 1.40 bits per heavy atom. The maximum absolute atomic E-state index is 12.2. The topological polar surface area (TPSA) is 64.3 Å². The number of rotatable bonds is 4. The van der Waals surface area contributed by atoms with E-state index in [1.54, 1.807) is 36.2 Å². The summed E-state index contributed by atoms with van der Waals surface area (Å²) in [6.07, 6.45) is 0.752. The second kappa shape index (κ2) is 7.99. The molecule has 0 spiro atoms. The Labute approximate surface area is 119 Å². The monoisotopic (exact) mass is 270 g/mol. The predicted molar refractivity (Wildman–Crippen MR) is 76.8 cm³/mol. The van der Waals surface area contributed by atoms with Gasteiger partial charge in [0.2, 0.25) is 0 Å². The molecular formula is C16H18N2O2. The van der Waals surface area contributed by atoms with Crippen LogP contribution in [0.3, 0.4) is 0 Å². The molecule has 0 saturated heterocycles. The van der Waals surface area contributed by atoms with Crippen LogP contribution in [0.15, 0.2) is 24.3 Å². The first-order chi connectivity index (χ1) is 9.60. The average Bonchev–Trinajstić information content (AvgIpc) is 2.47. The van der Waals surface area contributed by atoms with Gasteiger partial charge in [-0.15, -0.1) is 0 Å². The van der Waals surface area contributed by atoms with E-state index in [0.717, 1.165) is 5.56 Å². The molecule has 0 aliphatic rings. The van der Waals surface area contributed by atoms with Gasteiger partial charge in [0.25, 0.3) is 5.91 Å². The largest absolute Gasteiger partial charge is 0.395 e. The van der Waals surface area contributed by atoms with Gasteiger partial charge in [0.1, 0.15) is 0 Å². The Bertz CT molecular complexity index is 547. The highest BCUT2D eigenvalue weighted by molar-refractivity contribution is 5.94. The van der Waals surface area contributed by atoms with Gasteiger partial charge in [-0.2, -0.15) is 5.26 Å². The van der Waals surface area contributed by atoms with E-state index in [9.17, 15) is 4.79 Å². The van der Waals surface area contributed by atoms with E-state index in [2.05, 4.69) is 17.9 Å². The first-order valence-corrected chi connectivity index (χ1v) is 6.44. The SMILES string of the molecule is CC(CC#N)N(C)C(=O)c1ccc(C#CCCO)cc1. The van der Waals surface area contributed by atoms with Crippen molar-refractivity contribution in [1.29, 1.82) is 5.26 Å². The Hall–Kier alpha value is -2.30. The summed E-state index contributed by atoms with van der Waals surface area (Å²) < 4.78 is 0. The number of nitrogens with zero attached hydrogens (tertiary/aromatic N) is 2. The molecule has 0 aliphatic carbocycles. The van der Waals surface area contributed by atoms with Crippen LogP contribution in [0, 0.1) is 23.2 Å². The number of amides is 1. The van der Waals surface area contributed by atoms with Crippen molar-refractivity contribution in [3.05, 3.63) is 35.4 Å². The van der Waals surface area contributed by atoms with Crippen LogP contribution in [0.25, 0.3) is 0 Å². The second-order valence-electron chi connectivity index (χ2n) is 4.48. The zero-order valence-corrected chi connectivity index (χ0v) is 11.8. The van der Waals surface area contributed by atoms with Gasteiger partial charge in [-0.25, -0.2) is 0 Å². The third-order valence-corrected chi connectivity index (χ3v) is 2.97. The lowest BCUT2D eigenvalue weighted by Gasteiger charge is -2.22. The maximum Gasteiger partial charge on any atom is 0.253 e. The summed E-state index contributed by atoms with van der Waals surface area (Å²) in [5.41, 5.74) is 1.38. The van der Waals surface area contributed by atoms with Gasteiger partial charge in [0, 0.05) is 30.6 Å². The molecule has 1 N–H and O–H groups in total. The van der Waals surface area contributed by atoms with Crippen LogP contribution >= 0.6 is 0 Å². The quantitative estimate of drug-likeness (QED) is 0.848. The van der Waals surface area contributed by atoms with Crippen LogP contribution in [-0.4, -0.2) is 35.6 Å². The smallest absolute Gasteiger partial charge is 0.253 e. The normalized spacial score (nSPS) is 10.9. The molecule has 0 fully saturated rings. The van der Waals surface area contributed by atoms with Crippen LogP contribution in [-0.2, 0) is 0 Å². The number of hydrogen-bond donors (Lipinski definition) is 1. The van der Waals surface area contributed by atoms with Crippen LogP contribution in [0.1, 0.15) is 35.7 Å². The predicted octanol–water partition coefficient (Wildman–Crippen LogP) is 1.79. The van der Waals surface area contributed by atoms with Crippen LogP contribution in [0.2, 0.25) is 0 Å². The Kier molecular flexibility index (Phi) is 6.29. The van der Waals surface area contributed by atoms with E-state index in [4.69, 9.17) is 10.4 Å². The van der Waals surface area contributed by atoms with Gasteiger partial charge in [-0.3, -0.25) is 4.79 Å². The van der Waals surface area contributed by atoms with Gasteiger partial charge in [-0.05, 0) is 31.2 Å². The van der Waals surface area contributed by atoms with E-state index in [1.807, 2.05) is 6.92 Å². The molecule has 20 heavy (non-hydrogen) atoms. The molecule has 4 nitrogen and oxygen atoms in total. The van der Waals surface area contributed by atoms with Gasteiger partial charge >= 0.3 is 0 Å². The molecule has 0 saturated carbocycles. The van der Waals surface area contributed by atoms with Gasteiger partial charge < -0.3 is 10.0 Å². The third-order valence-electron chi connectivity index (χ3n) is 2.97. The summed E-state index contributed by atoms with van der Waals surface area (Å²) in [5, 5.41) is 17.3. The number of carbonyl (C=O) groups is 1. The third kappa shape index (κ3) is 4.42. The van der Waals surface area contributed by atoms with Crippen molar-refractivity contribution in [2.75, 3.05) is 13.7 Å². The zero-order chi connectivity index (χ0) is 15.0. The van der Waals surface area contributed by atoms with Crippen molar-refractivity contribution in [2.45, 2.75) is 25.8 Å². The number of carbonyl (C=O) groups excluding carboxylic acids is 1. The molecule has 0 bridgehead atoms. The number of hydrogen-bond acceptors (Lipinski definition) is 3. The summed E-state index contributed by atoms with van der Waals surface area (Å²) in [6.45, 7) is 1.89. The van der Waals surface area contributed by atoms with E-state index >= 15 is 0 Å². The first-order valence-electron chi connectivity index (χ1n) is 6.44. The minimum Gasteiger partial charge on any atom is -0.395 e. The molecule has 1 aromatic carbocycles. The lowest BCUT2D eigenvalue weighted by Crippen LogP contribution is -2.34. The highest BCUT2D eigenvalue weighted by Gasteiger charge is 2.16. The van der Waals surface area contributed by atoms with Crippen molar-refractivity contribution < 1.29 is 9.90 Å². The van der Waals surface area contributed by atoms with Gasteiger partial charge in [-0.1, -0.05) is 11.8 Å². The number of nitriles is 1. The fraction of sp³-hybridized carbons (Fsp3) is 0.375. The molecule has 4 heteroatoms. The molecule has 1 unspecified atom stereocenters. The average molecular weight is 270 g/mol. The number of aliphatic hydroxyl groups excluding tert-OH is 1. The summed E-state index contributed by atoms with van der Waals surface area (Å²) in [5.74, 6) is 5.62. The van der Waals surface area contributed by atoms with Crippen molar-refractivity contribution in [3.8, 4) is 17.9 Å².